The van der Waals surface area contributed by atoms with Gasteiger partial charge in [0.05, 0.1) is 5.69 Å². The standard InChI is InChI=1S/C20H16N4O3/c1-13(19-21-18(24-27-19)15-10-6-3-7-11-15)26-20(25)17-12-16(22-23-17)14-8-4-2-5-9-14/h2-13H,1H3,(H,22,23)/t13-/m1/s1. The van der Waals surface area contributed by atoms with Gasteiger partial charge in [-0.05, 0) is 13.0 Å². The number of aromatic nitrogens is 4. The molecule has 0 unspecified atom stereocenters. The van der Waals surface area contributed by atoms with Crippen molar-refractivity contribution in [2.45, 2.75) is 13.0 Å². The molecular formula is C20H16N4O3. The molecule has 7 nitrogen and oxygen atoms in total. The number of benzene rings is 2. The summed E-state index contributed by atoms with van der Waals surface area (Å²) in [6.45, 7) is 1.68. The number of hydrogen-bond acceptors (Lipinski definition) is 6. The number of esters is 1. The van der Waals surface area contributed by atoms with Crippen molar-refractivity contribution in [1.82, 2.24) is 20.3 Å². The van der Waals surface area contributed by atoms with E-state index in [0.29, 0.717) is 11.5 Å². The number of H-pyrrole nitrogens is 1. The molecule has 0 aliphatic carbocycles. The Morgan fingerprint density at radius 2 is 1.70 bits per heavy atom. The number of nitrogens with zero attached hydrogens (tertiary/aromatic N) is 3. The zero-order chi connectivity index (χ0) is 18.6. The molecule has 1 N–H and O–H groups in total. The van der Waals surface area contributed by atoms with Crippen LogP contribution >= 0.6 is 0 Å². The van der Waals surface area contributed by atoms with Gasteiger partial charge in [0.25, 0.3) is 5.89 Å². The number of carbonyl (C=O) groups excluding carboxylic acids is 1. The lowest BCUT2D eigenvalue weighted by Gasteiger charge is -2.07. The second-order valence-corrected chi connectivity index (χ2v) is 5.90. The van der Waals surface area contributed by atoms with E-state index < -0.39 is 12.1 Å². The summed E-state index contributed by atoms with van der Waals surface area (Å²) in [4.78, 5) is 16.7. The Balaban J connectivity index is 1.46. The highest BCUT2D eigenvalue weighted by atomic mass is 16.6. The Kier molecular flexibility index (Phi) is 4.49. The van der Waals surface area contributed by atoms with Gasteiger partial charge in [0.1, 0.15) is 5.69 Å². The number of ether oxygens (including phenoxy) is 1. The molecule has 0 fully saturated rings. The topological polar surface area (TPSA) is 93.9 Å². The maximum absolute atomic E-state index is 12.4. The van der Waals surface area contributed by atoms with Crippen molar-refractivity contribution in [1.29, 1.82) is 0 Å². The summed E-state index contributed by atoms with van der Waals surface area (Å²) >= 11 is 0. The highest BCUT2D eigenvalue weighted by Gasteiger charge is 2.21. The summed E-state index contributed by atoms with van der Waals surface area (Å²) in [5.74, 6) is 0.128. The van der Waals surface area contributed by atoms with E-state index in [9.17, 15) is 4.79 Å². The Hall–Kier alpha value is -3.74. The maximum atomic E-state index is 12.4. The average Bonchev–Trinajstić information content (AvgIpc) is 3.39. The highest BCUT2D eigenvalue weighted by molar-refractivity contribution is 5.88. The second-order valence-electron chi connectivity index (χ2n) is 5.90. The fraction of sp³-hybridized carbons (Fsp3) is 0.100. The van der Waals surface area contributed by atoms with E-state index in [1.54, 1.807) is 13.0 Å². The van der Waals surface area contributed by atoms with E-state index in [2.05, 4.69) is 20.3 Å². The molecule has 2 heterocycles. The Morgan fingerprint density at radius 3 is 2.41 bits per heavy atom. The quantitative estimate of drug-likeness (QED) is 0.540. The molecule has 4 aromatic rings. The van der Waals surface area contributed by atoms with Crippen LogP contribution in [0.25, 0.3) is 22.6 Å². The van der Waals surface area contributed by atoms with Gasteiger partial charge in [0, 0.05) is 11.1 Å². The molecule has 0 bridgehead atoms. The van der Waals surface area contributed by atoms with Crippen LogP contribution in [0.4, 0.5) is 0 Å². The van der Waals surface area contributed by atoms with Gasteiger partial charge in [0.2, 0.25) is 5.82 Å². The predicted octanol–water partition coefficient (Wildman–Crippen LogP) is 4.04. The molecule has 0 spiro atoms. The van der Waals surface area contributed by atoms with E-state index in [0.717, 1.165) is 11.1 Å². The van der Waals surface area contributed by atoms with Crippen LogP contribution in [0.3, 0.4) is 0 Å². The lowest BCUT2D eigenvalue weighted by Crippen LogP contribution is -2.10. The number of hydrogen-bond donors (Lipinski definition) is 1. The van der Waals surface area contributed by atoms with Gasteiger partial charge in [-0.25, -0.2) is 4.79 Å². The van der Waals surface area contributed by atoms with Gasteiger partial charge in [-0.2, -0.15) is 10.1 Å². The molecule has 0 aliphatic heterocycles. The average molecular weight is 360 g/mol. The molecule has 0 saturated heterocycles. The van der Waals surface area contributed by atoms with Crippen molar-refractivity contribution in [2.75, 3.05) is 0 Å². The molecule has 7 heteroatoms. The van der Waals surface area contributed by atoms with E-state index in [1.807, 2.05) is 60.7 Å². The molecule has 2 aromatic carbocycles. The van der Waals surface area contributed by atoms with Gasteiger partial charge < -0.3 is 9.26 Å². The zero-order valence-electron chi connectivity index (χ0n) is 14.5. The van der Waals surface area contributed by atoms with E-state index in [4.69, 9.17) is 9.26 Å². The van der Waals surface area contributed by atoms with Crippen LogP contribution in [0.1, 0.15) is 29.4 Å². The third-order valence-corrected chi connectivity index (χ3v) is 3.97. The summed E-state index contributed by atoms with van der Waals surface area (Å²) in [5, 5.41) is 10.8. The number of carbonyl (C=O) groups is 1. The summed E-state index contributed by atoms with van der Waals surface area (Å²) in [6.07, 6.45) is -0.689. The summed E-state index contributed by atoms with van der Waals surface area (Å²) < 4.78 is 10.6. The number of rotatable bonds is 5. The normalized spacial score (nSPS) is 11.9. The molecule has 0 amide bonds. The molecule has 0 radical (unpaired) electrons. The van der Waals surface area contributed by atoms with Crippen LogP contribution in [0, 0.1) is 0 Å². The van der Waals surface area contributed by atoms with Gasteiger partial charge in [-0.15, -0.1) is 0 Å². The largest absolute Gasteiger partial charge is 0.448 e. The Bertz CT molecular complexity index is 1040. The minimum atomic E-state index is -0.689. The molecule has 0 aliphatic rings. The third kappa shape index (κ3) is 3.62. The smallest absolute Gasteiger partial charge is 0.357 e. The lowest BCUT2D eigenvalue weighted by molar-refractivity contribution is 0.0258. The first-order chi connectivity index (χ1) is 13.2. The van der Waals surface area contributed by atoms with Crippen molar-refractivity contribution >= 4 is 5.97 Å². The van der Waals surface area contributed by atoms with Crippen molar-refractivity contribution in [2.24, 2.45) is 0 Å². The minimum Gasteiger partial charge on any atom is -0.448 e. The first-order valence-electron chi connectivity index (χ1n) is 8.41. The minimum absolute atomic E-state index is 0.227. The summed E-state index contributed by atoms with van der Waals surface area (Å²) in [7, 11) is 0. The van der Waals surface area contributed by atoms with Crippen LogP contribution in [0.15, 0.2) is 71.3 Å². The number of aromatic amines is 1. The molecule has 4 rings (SSSR count). The van der Waals surface area contributed by atoms with E-state index in [-0.39, 0.29) is 11.6 Å². The maximum Gasteiger partial charge on any atom is 0.357 e. The lowest BCUT2D eigenvalue weighted by atomic mass is 10.1. The van der Waals surface area contributed by atoms with Crippen LogP contribution in [-0.2, 0) is 4.74 Å². The van der Waals surface area contributed by atoms with Gasteiger partial charge in [-0.1, -0.05) is 65.8 Å². The zero-order valence-corrected chi connectivity index (χ0v) is 14.5. The molecular weight excluding hydrogens is 344 g/mol. The van der Waals surface area contributed by atoms with Crippen LogP contribution in [-0.4, -0.2) is 26.3 Å². The van der Waals surface area contributed by atoms with Gasteiger partial charge >= 0.3 is 5.97 Å². The number of nitrogens with one attached hydrogen (secondary N) is 1. The second kappa shape index (κ2) is 7.25. The van der Waals surface area contributed by atoms with E-state index >= 15 is 0 Å². The Morgan fingerprint density at radius 1 is 1.04 bits per heavy atom. The van der Waals surface area contributed by atoms with Crippen LogP contribution < -0.4 is 0 Å². The predicted molar refractivity (Wildman–Crippen MR) is 97.6 cm³/mol. The van der Waals surface area contributed by atoms with Crippen molar-refractivity contribution < 1.29 is 14.1 Å². The van der Waals surface area contributed by atoms with Gasteiger partial charge in [-0.3, -0.25) is 5.10 Å². The van der Waals surface area contributed by atoms with E-state index in [1.165, 1.54) is 0 Å². The van der Waals surface area contributed by atoms with Gasteiger partial charge in [0.15, 0.2) is 6.10 Å². The molecule has 2 aromatic heterocycles. The fourth-order valence-corrected chi connectivity index (χ4v) is 2.56. The Labute approximate surface area is 155 Å². The molecule has 0 saturated carbocycles. The summed E-state index contributed by atoms with van der Waals surface area (Å²) in [5.41, 5.74) is 2.65. The van der Waals surface area contributed by atoms with Crippen molar-refractivity contribution in [3.05, 3.63) is 78.3 Å². The third-order valence-electron chi connectivity index (χ3n) is 3.97. The molecule has 134 valence electrons. The fourth-order valence-electron chi connectivity index (χ4n) is 2.56. The first-order valence-corrected chi connectivity index (χ1v) is 8.41. The highest BCUT2D eigenvalue weighted by Crippen LogP contribution is 2.22. The molecule has 1 atom stereocenters. The van der Waals surface area contributed by atoms with Crippen LogP contribution in [0.5, 0.6) is 0 Å². The SMILES string of the molecule is C[C@@H](OC(=O)c1cc(-c2ccccc2)n[nH]1)c1nc(-c2ccccc2)no1. The van der Waals surface area contributed by atoms with Crippen LogP contribution in [0.2, 0.25) is 0 Å². The van der Waals surface area contributed by atoms with Crippen molar-refractivity contribution in [3.63, 3.8) is 0 Å². The monoisotopic (exact) mass is 360 g/mol. The first kappa shape index (κ1) is 16.7. The summed E-state index contributed by atoms with van der Waals surface area (Å²) in [6, 6.07) is 20.6. The molecule has 27 heavy (non-hydrogen) atoms. The van der Waals surface area contributed by atoms with Crippen molar-refractivity contribution in [3.8, 4) is 22.6 Å².